The van der Waals surface area contributed by atoms with E-state index in [1.54, 1.807) is 36.4 Å². The summed E-state index contributed by atoms with van der Waals surface area (Å²) in [6.07, 6.45) is 2.81. The van der Waals surface area contributed by atoms with Crippen LogP contribution in [0, 0.1) is 23.5 Å². The summed E-state index contributed by atoms with van der Waals surface area (Å²) in [6.45, 7) is 0. The second-order valence-electron chi connectivity index (χ2n) is 9.37. The maximum absolute atomic E-state index is 15.0. The van der Waals surface area contributed by atoms with Gasteiger partial charge in [0.1, 0.15) is 18.1 Å². The predicted octanol–water partition coefficient (Wildman–Crippen LogP) is 4.98. The van der Waals surface area contributed by atoms with E-state index in [9.17, 15) is 28.2 Å². The SMILES string of the molecule is O=C(O)c1ccc2c(c1F)O[C@H]1C[C@@H](F)[C@H](/C=C/C(O)C3(c4ccccc4F)CC3)[C@H]1CC2. The fourth-order valence-corrected chi connectivity index (χ4v) is 5.55. The Labute approximate surface area is 189 Å². The molecule has 2 N–H and O–H groups in total. The highest BCUT2D eigenvalue weighted by molar-refractivity contribution is 5.88. The number of benzene rings is 2. The van der Waals surface area contributed by atoms with Crippen LogP contribution in [0.1, 0.15) is 47.2 Å². The van der Waals surface area contributed by atoms with Crippen molar-refractivity contribution in [3.63, 3.8) is 0 Å². The van der Waals surface area contributed by atoms with E-state index in [0.717, 1.165) is 0 Å². The van der Waals surface area contributed by atoms with Crippen LogP contribution in [-0.2, 0) is 11.8 Å². The van der Waals surface area contributed by atoms with Crippen LogP contribution in [0.25, 0.3) is 0 Å². The number of carboxylic acid groups (broad SMARTS) is 1. The van der Waals surface area contributed by atoms with Crippen LogP contribution in [0.5, 0.6) is 5.75 Å². The van der Waals surface area contributed by atoms with Crippen molar-refractivity contribution in [2.45, 2.75) is 55.9 Å². The minimum absolute atomic E-state index is 0.0599. The molecule has 1 heterocycles. The van der Waals surface area contributed by atoms with Crippen LogP contribution in [0.15, 0.2) is 48.6 Å². The fourth-order valence-electron chi connectivity index (χ4n) is 5.55. The second-order valence-corrected chi connectivity index (χ2v) is 9.37. The molecule has 2 saturated carbocycles. The van der Waals surface area contributed by atoms with E-state index >= 15 is 0 Å². The van der Waals surface area contributed by atoms with Crippen molar-refractivity contribution < 1.29 is 32.9 Å². The number of hydrogen-bond donors (Lipinski definition) is 2. The Morgan fingerprint density at radius 1 is 1.18 bits per heavy atom. The number of aliphatic hydroxyl groups excluding tert-OH is 1. The molecule has 3 aliphatic rings. The van der Waals surface area contributed by atoms with Gasteiger partial charge in [-0.2, -0.15) is 0 Å². The van der Waals surface area contributed by atoms with Crippen molar-refractivity contribution in [1.29, 1.82) is 0 Å². The molecule has 1 aliphatic heterocycles. The number of aryl methyl sites for hydroxylation is 1. The lowest BCUT2D eigenvalue weighted by Gasteiger charge is -2.23. The number of hydrogen-bond acceptors (Lipinski definition) is 3. The molecule has 4 nitrogen and oxygen atoms in total. The summed E-state index contributed by atoms with van der Waals surface area (Å²) in [4.78, 5) is 11.3. The molecule has 0 amide bonds. The number of carboxylic acids is 1. The quantitative estimate of drug-likeness (QED) is 0.621. The molecule has 2 aromatic carbocycles. The maximum atomic E-state index is 15.0. The number of allylic oxidation sites excluding steroid dienone is 1. The van der Waals surface area contributed by atoms with Gasteiger partial charge in [-0.15, -0.1) is 0 Å². The van der Waals surface area contributed by atoms with Gasteiger partial charge < -0.3 is 14.9 Å². The third kappa shape index (κ3) is 3.72. The monoisotopic (exact) mass is 458 g/mol. The van der Waals surface area contributed by atoms with Gasteiger partial charge in [0, 0.05) is 23.7 Å². The smallest absolute Gasteiger partial charge is 0.338 e. The Morgan fingerprint density at radius 3 is 2.64 bits per heavy atom. The van der Waals surface area contributed by atoms with E-state index in [2.05, 4.69) is 0 Å². The highest BCUT2D eigenvalue weighted by Crippen LogP contribution is 2.52. The normalized spacial score (nSPS) is 28.5. The van der Waals surface area contributed by atoms with Crippen LogP contribution in [-0.4, -0.2) is 34.6 Å². The van der Waals surface area contributed by atoms with Crippen molar-refractivity contribution in [3.8, 4) is 5.75 Å². The van der Waals surface area contributed by atoms with Gasteiger partial charge in [0.05, 0.1) is 11.7 Å². The number of carbonyl (C=O) groups is 1. The van der Waals surface area contributed by atoms with E-state index < -0.39 is 47.1 Å². The first-order valence-corrected chi connectivity index (χ1v) is 11.3. The average Bonchev–Trinajstić information content (AvgIpc) is 3.55. The largest absolute Gasteiger partial charge is 0.487 e. The molecule has 5 rings (SSSR count). The maximum Gasteiger partial charge on any atom is 0.338 e. The third-order valence-electron chi connectivity index (χ3n) is 7.55. The van der Waals surface area contributed by atoms with Gasteiger partial charge in [-0.05, 0) is 48.9 Å². The van der Waals surface area contributed by atoms with E-state index in [-0.39, 0.29) is 23.9 Å². The molecular weight excluding hydrogens is 433 g/mol. The van der Waals surface area contributed by atoms with Gasteiger partial charge in [-0.1, -0.05) is 36.4 Å². The van der Waals surface area contributed by atoms with E-state index in [1.165, 1.54) is 12.1 Å². The third-order valence-corrected chi connectivity index (χ3v) is 7.55. The molecule has 33 heavy (non-hydrogen) atoms. The highest BCUT2D eigenvalue weighted by Gasteiger charge is 2.51. The van der Waals surface area contributed by atoms with Crippen LogP contribution in [0.2, 0.25) is 0 Å². The highest BCUT2D eigenvalue weighted by atomic mass is 19.1. The zero-order valence-electron chi connectivity index (χ0n) is 17.9. The lowest BCUT2D eigenvalue weighted by atomic mass is 9.85. The van der Waals surface area contributed by atoms with Gasteiger partial charge in [-0.3, -0.25) is 0 Å². The zero-order valence-corrected chi connectivity index (χ0v) is 17.9. The Hall–Kier alpha value is -2.80. The Kier molecular flexibility index (Phi) is 5.47. The van der Waals surface area contributed by atoms with Crippen molar-refractivity contribution >= 4 is 5.97 Å². The number of aromatic carboxylic acids is 1. The van der Waals surface area contributed by atoms with Crippen molar-refractivity contribution in [3.05, 3.63) is 76.9 Å². The summed E-state index contributed by atoms with van der Waals surface area (Å²) in [5.74, 6) is -3.54. The summed E-state index contributed by atoms with van der Waals surface area (Å²) in [5.41, 5.74) is -0.106. The first-order valence-electron chi connectivity index (χ1n) is 11.3. The van der Waals surface area contributed by atoms with Crippen LogP contribution in [0.4, 0.5) is 13.2 Å². The molecule has 0 spiro atoms. The number of aliphatic hydroxyl groups is 1. The van der Waals surface area contributed by atoms with Crippen molar-refractivity contribution in [2.24, 2.45) is 11.8 Å². The molecule has 2 aromatic rings. The first-order chi connectivity index (χ1) is 15.8. The molecule has 0 radical (unpaired) electrons. The molecule has 2 aliphatic carbocycles. The van der Waals surface area contributed by atoms with E-state index in [0.29, 0.717) is 36.8 Å². The number of alkyl halides is 1. The van der Waals surface area contributed by atoms with Gasteiger partial charge in [0.15, 0.2) is 11.6 Å². The van der Waals surface area contributed by atoms with Crippen molar-refractivity contribution in [1.82, 2.24) is 0 Å². The first kappa shape index (κ1) is 22.0. The molecule has 0 saturated heterocycles. The summed E-state index contributed by atoms with van der Waals surface area (Å²) in [6, 6.07) is 9.18. The van der Waals surface area contributed by atoms with Gasteiger partial charge >= 0.3 is 5.97 Å². The molecule has 0 aromatic heterocycles. The Balaban J connectivity index is 1.36. The van der Waals surface area contributed by atoms with Crippen LogP contribution < -0.4 is 4.74 Å². The number of ether oxygens (including phenoxy) is 1. The van der Waals surface area contributed by atoms with Gasteiger partial charge in [-0.25, -0.2) is 18.0 Å². The minimum atomic E-state index is -1.38. The Morgan fingerprint density at radius 2 is 1.94 bits per heavy atom. The van der Waals surface area contributed by atoms with Crippen LogP contribution >= 0.6 is 0 Å². The van der Waals surface area contributed by atoms with Crippen molar-refractivity contribution in [2.75, 3.05) is 0 Å². The molecule has 174 valence electrons. The summed E-state index contributed by atoms with van der Waals surface area (Å²) in [5, 5.41) is 20.1. The summed E-state index contributed by atoms with van der Waals surface area (Å²) in [7, 11) is 0. The Bertz CT molecular complexity index is 1110. The van der Waals surface area contributed by atoms with E-state index in [1.807, 2.05) is 0 Å². The fraction of sp³-hybridized carbons (Fsp3) is 0.423. The topological polar surface area (TPSA) is 66.8 Å². The number of halogens is 3. The van der Waals surface area contributed by atoms with E-state index in [4.69, 9.17) is 4.74 Å². The summed E-state index contributed by atoms with van der Waals surface area (Å²) >= 11 is 0. The van der Waals surface area contributed by atoms with Gasteiger partial charge in [0.25, 0.3) is 0 Å². The number of rotatable bonds is 5. The molecule has 7 heteroatoms. The average molecular weight is 458 g/mol. The van der Waals surface area contributed by atoms with Crippen LogP contribution in [0.3, 0.4) is 0 Å². The molecule has 0 bridgehead atoms. The molecule has 2 fully saturated rings. The zero-order chi connectivity index (χ0) is 23.3. The molecule has 1 unspecified atom stereocenters. The second kappa shape index (κ2) is 8.20. The molecule has 5 atom stereocenters. The summed E-state index contributed by atoms with van der Waals surface area (Å²) < 4.78 is 49.9. The van der Waals surface area contributed by atoms with Gasteiger partial charge in [0.2, 0.25) is 0 Å². The number of fused-ring (bicyclic) bond motifs is 2. The molecular formula is C26H25F3O4. The lowest BCUT2D eigenvalue weighted by molar-refractivity contribution is 0.0689. The minimum Gasteiger partial charge on any atom is -0.487 e. The lowest BCUT2D eigenvalue weighted by Crippen LogP contribution is -2.27. The predicted molar refractivity (Wildman–Crippen MR) is 115 cm³/mol. The standard InChI is InChI=1S/C26H25F3O4/c27-19-4-2-1-3-18(19)26(11-12-26)22(30)10-9-15-16-7-5-14-6-8-17(25(31)32)23(29)24(14)33-21(16)13-20(15)28/h1-4,6,8-10,15-16,20-22,30H,5,7,11-13H2,(H,31,32)/b10-9+/t15-,16-,20-,21+,22?/m1/s1.